The zero-order valence-electron chi connectivity index (χ0n) is 12.5. The third-order valence-electron chi connectivity index (χ3n) is 3.40. The van der Waals surface area contributed by atoms with Crippen molar-refractivity contribution in [2.45, 2.75) is 19.4 Å². The fourth-order valence-electron chi connectivity index (χ4n) is 2.26. The van der Waals surface area contributed by atoms with Gasteiger partial charge in [-0.1, -0.05) is 30.7 Å². The van der Waals surface area contributed by atoms with Gasteiger partial charge in [0.25, 0.3) is 0 Å². The Labute approximate surface area is 130 Å². The van der Waals surface area contributed by atoms with Gasteiger partial charge in [-0.3, -0.25) is 0 Å². The van der Waals surface area contributed by atoms with E-state index in [0.29, 0.717) is 0 Å². The Kier molecular flexibility index (Phi) is 5.34. The SMILES string of the molecule is CCC(Nc1cc(OC)ccc1OC)c1cccc(Cl)c1. The predicted molar refractivity (Wildman–Crippen MR) is 87.7 cm³/mol. The first-order chi connectivity index (χ1) is 10.2. The quantitative estimate of drug-likeness (QED) is 0.821. The number of halogens is 1. The maximum absolute atomic E-state index is 6.08. The molecule has 1 unspecified atom stereocenters. The summed E-state index contributed by atoms with van der Waals surface area (Å²) in [5.41, 5.74) is 2.05. The highest BCUT2D eigenvalue weighted by molar-refractivity contribution is 6.30. The van der Waals surface area contributed by atoms with Crippen LogP contribution in [0.15, 0.2) is 42.5 Å². The molecule has 0 saturated carbocycles. The van der Waals surface area contributed by atoms with Gasteiger partial charge in [0, 0.05) is 11.1 Å². The van der Waals surface area contributed by atoms with E-state index in [-0.39, 0.29) is 6.04 Å². The summed E-state index contributed by atoms with van der Waals surface area (Å²) >= 11 is 6.08. The van der Waals surface area contributed by atoms with Crippen molar-refractivity contribution in [3.8, 4) is 11.5 Å². The molecular formula is C17H20ClNO2. The second kappa shape index (κ2) is 7.23. The molecule has 0 heterocycles. The first kappa shape index (κ1) is 15.5. The lowest BCUT2D eigenvalue weighted by molar-refractivity contribution is 0.404. The number of anilines is 1. The van der Waals surface area contributed by atoms with Crippen LogP contribution in [0.25, 0.3) is 0 Å². The van der Waals surface area contributed by atoms with Crippen LogP contribution in [0.4, 0.5) is 5.69 Å². The lowest BCUT2D eigenvalue weighted by Gasteiger charge is -2.21. The summed E-state index contributed by atoms with van der Waals surface area (Å²) < 4.78 is 10.7. The van der Waals surface area contributed by atoms with E-state index in [2.05, 4.69) is 18.3 Å². The second-order valence-electron chi connectivity index (χ2n) is 4.73. The van der Waals surface area contributed by atoms with E-state index in [4.69, 9.17) is 21.1 Å². The predicted octanol–water partition coefficient (Wildman–Crippen LogP) is 4.92. The molecule has 21 heavy (non-hydrogen) atoms. The van der Waals surface area contributed by atoms with Crippen molar-refractivity contribution >= 4 is 17.3 Å². The van der Waals surface area contributed by atoms with Gasteiger partial charge in [-0.2, -0.15) is 0 Å². The summed E-state index contributed by atoms with van der Waals surface area (Å²) in [7, 11) is 3.31. The van der Waals surface area contributed by atoms with E-state index in [1.54, 1.807) is 14.2 Å². The first-order valence-electron chi connectivity index (χ1n) is 6.92. The van der Waals surface area contributed by atoms with Crippen LogP contribution in [0.5, 0.6) is 11.5 Å². The molecule has 0 bridgehead atoms. The zero-order valence-corrected chi connectivity index (χ0v) is 13.3. The molecule has 4 heteroatoms. The van der Waals surface area contributed by atoms with E-state index in [0.717, 1.165) is 34.2 Å². The standard InChI is InChI=1S/C17H20ClNO2/c1-4-15(12-6-5-7-13(18)10-12)19-16-11-14(20-2)8-9-17(16)21-3/h5-11,15,19H,4H2,1-3H3. The fraction of sp³-hybridized carbons (Fsp3) is 0.294. The summed E-state index contributed by atoms with van der Waals surface area (Å²) in [5.74, 6) is 1.58. The number of benzene rings is 2. The number of hydrogen-bond acceptors (Lipinski definition) is 3. The largest absolute Gasteiger partial charge is 0.497 e. The number of methoxy groups -OCH3 is 2. The van der Waals surface area contributed by atoms with Crippen molar-refractivity contribution in [1.82, 2.24) is 0 Å². The number of nitrogens with one attached hydrogen (secondary N) is 1. The number of hydrogen-bond donors (Lipinski definition) is 1. The molecule has 0 fully saturated rings. The minimum Gasteiger partial charge on any atom is -0.497 e. The topological polar surface area (TPSA) is 30.5 Å². The smallest absolute Gasteiger partial charge is 0.142 e. The lowest BCUT2D eigenvalue weighted by Crippen LogP contribution is -2.10. The van der Waals surface area contributed by atoms with Crippen LogP contribution >= 0.6 is 11.6 Å². The Balaban J connectivity index is 2.29. The molecule has 1 atom stereocenters. The summed E-state index contributed by atoms with van der Waals surface area (Å²) in [6.07, 6.45) is 0.931. The number of rotatable bonds is 6. The highest BCUT2D eigenvalue weighted by atomic mass is 35.5. The normalized spacial score (nSPS) is 11.8. The molecular weight excluding hydrogens is 286 g/mol. The molecule has 112 valence electrons. The molecule has 0 spiro atoms. The van der Waals surface area contributed by atoms with Gasteiger partial charge >= 0.3 is 0 Å². The van der Waals surface area contributed by atoms with Crippen LogP contribution in [-0.2, 0) is 0 Å². The van der Waals surface area contributed by atoms with Gasteiger partial charge in [0.05, 0.1) is 25.9 Å². The highest BCUT2D eigenvalue weighted by Crippen LogP contribution is 2.33. The Morgan fingerprint density at radius 3 is 2.52 bits per heavy atom. The van der Waals surface area contributed by atoms with Crippen LogP contribution in [0, 0.1) is 0 Å². The second-order valence-corrected chi connectivity index (χ2v) is 5.16. The van der Waals surface area contributed by atoms with Gasteiger partial charge in [-0.15, -0.1) is 0 Å². The molecule has 2 aromatic carbocycles. The number of ether oxygens (including phenoxy) is 2. The van der Waals surface area contributed by atoms with Crippen LogP contribution in [-0.4, -0.2) is 14.2 Å². The molecule has 3 nitrogen and oxygen atoms in total. The molecule has 0 saturated heterocycles. The van der Waals surface area contributed by atoms with Crippen LogP contribution in [0.3, 0.4) is 0 Å². The van der Waals surface area contributed by atoms with E-state index in [1.165, 1.54) is 0 Å². The maximum Gasteiger partial charge on any atom is 0.142 e. The minimum atomic E-state index is 0.157. The van der Waals surface area contributed by atoms with Crippen LogP contribution in [0.1, 0.15) is 24.9 Å². The van der Waals surface area contributed by atoms with Crippen molar-refractivity contribution in [3.63, 3.8) is 0 Å². The van der Waals surface area contributed by atoms with Crippen molar-refractivity contribution in [2.24, 2.45) is 0 Å². The summed E-state index contributed by atoms with van der Waals surface area (Å²) in [6.45, 7) is 2.13. The average Bonchev–Trinajstić information content (AvgIpc) is 2.52. The van der Waals surface area contributed by atoms with E-state index in [9.17, 15) is 0 Å². The molecule has 0 aliphatic rings. The molecule has 0 aromatic heterocycles. The van der Waals surface area contributed by atoms with Gasteiger partial charge < -0.3 is 14.8 Å². The van der Waals surface area contributed by atoms with Gasteiger partial charge in [-0.05, 0) is 36.2 Å². The summed E-state index contributed by atoms with van der Waals surface area (Å²) in [5, 5.41) is 4.24. The van der Waals surface area contributed by atoms with Crippen molar-refractivity contribution in [2.75, 3.05) is 19.5 Å². The zero-order chi connectivity index (χ0) is 15.2. The molecule has 0 radical (unpaired) electrons. The molecule has 0 aliphatic heterocycles. The molecule has 2 rings (SSSR count). The van der Waals surface area contributed by atoms with Crippen LogP contribution in [0.2, 0.25) is 5.02 Å². The molecule has 0 amide bonds. The monoisotopic (exact) mass is 305 g/mol. The summed E-state index contributed by atoms with van der Waals surface area (Å²) in [4.78, 5) is 0. The van der Waals surface area contributed by atoms with Gasteiger partial charge in [0.2, 0.25) is 0 Å². The Bertz CT molecular complexity index is 601. The van der Waals surface area contributed by atoms with E-state index < -0.39 is 0 Å². The van der Waals surface area contributed by atoms with Gasteiger partial charge in [0.1, 0.15) is 11.5 Å². The Morgan fingerprint density at radius 2 is 1.90 bits per heavy atom. The average molecular weight is 306 g/mol. The third kappa shape index (κ3) is 3.82. The van der Waals surface area contributed by atoms with Gasteiger partial charge in [-0.25, -0.2) is 0 Å². The van der Waals surface area contributed by atoms with Gasteiger partial charge in [0.15, 0.2) is 0 Å². The van der Waals surface area contributed by atoms with Crippen LogP contribution < -0.4 is 14.8 Å². The maximum atomic E-state index is 6.08. The van der Waals surface area contributed by atoms with Crippen molar-refractivity contribution in [3.05, 3.63) is 53.1 Å². The molecule has 2 aromatic rings. The fourth-order valence-corrected chi connectivity index (χ4v) is 2.46. The minimum absolute atomic E-state index is 0.157. The first-order valence-corrected chi connectivity index (χ1v) is 7.29. The third-order valence-corrected chi connectivity index (χ3v) is 3.63. The van der Waals surface area contributed by atoms with E-state index in [1.807, 2.05) is 36.4 Å². The molecule has 0 aliphatic carbocycles. The molecule has 1 N–H and O–H groups in total. The Hall–Kier alpha value is -1.87. The van der Waals surface area contributed by atoms with E-state index >= 15 is 0 Å². The summed E-state index contributed by atoms with van der Waals surface area (Å²) in [6, 6.07) is 13.8. The Morgan fingerprint density at radius 1 is 1.10 bits per heavy atom. The van der Waals surface area contributed by atoms with Crippen molar-refractivity contribution < 1.29 is 9.47 Å². The van der Waals surface area contributed by atoms with Crippen molar-refractivity contribution in [1.29, 1.82) is 0 Å². The lowest BCUT2D eigenvalue weighted by atomic mass is 10.0. The highest BCUT2D eigenvalue weighted by Gasteiger charge is 2.13.